The average Bonchev–Trinajstić information content (AvgIpc) is 2.64. The summed E-state index contributed by atoms with van der Waals surface area (Å²) in [6, 6.07) is 15.6. The van der Waals surface area contributed by atoms with Crippen LogP contribution in [0.3, 0.4) is 0 Å². The molecule has 4 nitrogen and oxygen atoms in total. The second-order valence-corrected chi connectivity index (χ2v) is 7.46. The summed E-state index contributed by atoms with van der Waals surface area (Å²) >= 11 is 3.55. The van der Waals surface area contributed by atoms with Gasteiger partial charge in [-0.1, -0.05) is 46.6 Å². The zero-order valence-electron chi connectivity index (χ0n) is 14.9. The third kappa shape index (κ3) is 4.27. The lowest BCUT2D eigenvalue weighted by molar-refractivity contribution is -0.145. The highest BCUT2D eigenvalue weighted by Crippen LogP contribution is 2.35. The quantitative estimate of drug-likeness (QED) is 0.727. The third-order valence-electron chi connectivity index (χ3n) is 4.83. The number of piperidine rings is 1. The maximum atomic E-state index is 11.9. The zero-order valence-corrected chi connectivity index (χ0v) is 16.5. The number of aliphatic carboxylic acids is 1. The van der Waals surface area contributed by atoms with E-state index >= 15 is 0 Å². The Morgan fingerprint density at radius 1 is 1.23 bits per heavy atom. The van der Waals surface area contributed by atoms with Crippen LogP contribution < -0.4 is 4.74 Å². The predicted molar refractivity (Wildman–Crippen MR) is 106 cm³/mol. The largest absolute Gasteiger partial charge is 0.494 e. The van der Waals surface area contributed by atoms with Crippen molar-refractivity contribution in [2.75, 3.05) is 13.2 Å². The highest BCUT2D eigenvalue weighted by Gasteiger charge is 2.35. The Morgan fingerprint density at radius 3 is 2.65 bits per heavy atom. The van der Waals surface area contributed by atoms with Crippen LogP contribution in [0, 0.1) is 0 Å². The van der Waals surface area contributed by atoms with Gasteiger partial charge in [0.2, 0.25) is 0 Å². The Labute approximate surface area is 162 Å². The zero-order chi connectivity index (χ0) is 18.5. The van der Waals surface area contributed by atoms with Gasteiger partial charge in [-0.05, 0) is 61.7 Å². The van der Waals surface area contributed by atoms with Crippen molar-refractivity contribution in [1.82, 2.24) is 4.90 Å². The standard InChI is InChI=1S/C21H24BrNO3/c1-2-26-18-11-9-15(10-12-18)20(16-6-5-7-17(22)14-16)23-13-4-3-8-19(23)21(24)25/h5-7,9-12,14,19-20H,2-4,8,13H2,1H3,(H,24,25). The van der Waals surface area contributed by atoms with E-state index in [9.17, 15) is 9.90 Å². The minimum Gasteiger partial charge on any atom is -0.494 e. The summed E-state index contributed by atoms with van der Waals surface area (Å²) in [7, 11) is 0. The van der Waals surface area contributed by atoms with Crippen molar-refractivity contribution < 1.29 is 14.6 Å². The molecule has 0 amide bonds. The molecule has 2 aromatic carbocycles. The second kappa shape index (κ2) is 8.69. The molecule has 138 valence electrons. The van der Waals surface area contributed by atoms with Crippen LogP contribution in [0.2, 0.25) is 0 Å². The van der Waals surface area contributed by atoms with Gasteiger partial charge in [0.25, 0.3) is 0 Å². The number of likely N-dealkylation sites (tertiary alicyclic amines) is 1. The van der Waals surface area contributed by atoms with Crippen LogP contribution in [-0.2, 0) is 4.79 Å². The predicted octanol–water partition coefficient (Wildman–Crippen LogP) is 4.88. The molecule has 1 N–H and O–H groups in total. The Kier molecular flexibility index (Phi) is 6.33. The van der Waals surface area contributed by atoms with Gasteiger partial charge in [-0.15, -0.1) is 0 Å². The van der Waals surface area contributed by atoms with E-state index in [1.54, 1.807) is 0 Å². The van der Waals surface area contributed by atoms with E-state index in [0.717, 1.165) is 40.7 Å². The minimum absolute atomic E-state index is 0.0930. The number of halogens is 1. The van der Waals surface area contributed by atoms with Crippen molar-refractivity contribution in [3.8, 4) is 5.75 Å². The number of benzene rings is 2. The molecule has 1 fully saturated rings. The maximum absolute atomic E-state index is 11.9. The normalized spacial score (nSPS) is 19.1. The number of carboxylic acid groups (broad SMARTS) is 1. The van der Waals surface area contributed by atoms with E-state index in [1.807, 2.05) is 43.3 Å². The van der Waals surface area contributed by atoms with Gasteiger partial charge in [-0.2, -0.15) is 0 Å². The molecule has 0 aromatic heterocycles. The first-order chi connectivity index (χ1) is 12.6. The van der Waals surface area contributed by atoms with Crippen LogP contribution in [0.4, 0.5) is 0 Å². The molecule has 0 aliphatic carbocycles. The fourth-order valence-electron chi connectivity index (χ4n) is 3.69. The molecular weight excluding hydrogens is 394 g/mol. The van der Waals surface area contributed by atoms with Gasteiger partial charge in [0.15, 0.2) is 0 Å². The summed E-state index contributed by atoms with van der Waals surface area (Å²) in [5.74, 6) is 0.0910. The molecular formula is C21H24BrNO3. The number of rotatable bonds is 6. The highest BCUT2D eigenvalue weighted by atomic mass is 79.9. The van der Waals surface area contributed by atoms with E-state index in [2.05, 4.69) is 33.0 Å². The number of hydrogen-bond acceptors (Lipinski definition) is 3. The fraction of sp³-hybridized carbons (Fsp3) is 0.381. The van der Waals surface area contributed by atoms with E-state index in [0.29, 0.717) is 13.0 Å². The van der Waals surface area contributed by atoms with Crippen molar-refractivity contribution >= 4 is 21.9 Å². The lowest BCUT2D eigenvalue weighted by Crippen LogP contribution is -2.46. The molecule has 2 atom stereocenters. The van der Waals surface area contributed by atoms with Gasteiger partial charge in [0.05, 0.1) is 12.6 Å². The number of ether oxygens (including phenoxy) is 1. The SMILES string of the molecule is CCOc1ccc(C(c2cccc(Br)c2)N2CCCCC2C(=O)O)cc1. The van der Waals surface area contributed by atoms with Gasteiger partial charge in [-0.25, -0.2) is 0 Å². The van der Waals surface area contributed by atoms with E-state index in [-0.39, 0.29) is 6.04 Å². The minimum atomic E-state index is -0.740. The molecule has 2 aromatic rings. The Hall–Kier alpha value is -1.85. The molecule has 26 heavy (non-hydrogen) atoms. The first-order valence-electron chi connectivity index (χ1n) is 9.07. The topological polar surface area (TPSA) is 49.8 Å². The Morgan fingerprint density at radius 2 is 2.00 bits per heavy atom. The van der Waals surface area contributed by atoms with Crippen molar-refractivity contribution in [2.24, 2.45) is 0 Å². The van der Waals surface area contributed by atoms with Gasteiger partial charge >= 0.3 is 5.97 Å². The summed E-state index contributed by atoms with van der Waals surface area (Å²) in [4.78, 5) is 14.0. The summed E-state index contributed by atoms with van der Waals surface area (Å²) in [6.07, 6.45) is 2.67. The van der Waals surface area contributed by atoms with E-state index in [1.165, 1.54) is 0 Å². The van der Waals surface area contributed by atoms with Crippen LogP contribution in [0.1, 0.15) is 43.4 Å². The van der Waals surface area contributed by atoms with Crippen LogP contribution in [0.25, 0.3) is 0 Å². The smallest absolute Gasteiger partial charge is 0.320 e. The van der Waals surface area contributed by atoms with Crippen molar-refractivity contribution in [3.05, 3.63) is 64.1 Å². The number of nitrogens with zero attached hydrogens (tertiary/aromatic N) is 1. The monoisotopic (exact) mass is 417 g/mol. The Balaban J connectivity index is 2.02. The van der Waals surface area contributed by atoms with Crippen molar-refractivity contribution in [1.29, 1.82) is 0 Å². The molecule has 0 saturated carbocycles. The first-order valence-corrected chi connectivity index (χ1v) is 9.86. The number of carboxylic acids is 1. The van der Waals surface area contributed by atoms with Crippen molar-refractivity contribution in [2.45, 2.75) is 38.3 Å². The summed E-state index contributed by atoms with van der Waals surface area (Å²) in [6.45, 7) is 3.37. The third-order valence-corrected chi connectivity index (χ3v) is 5.33. The van der Waals surface area contributed by atoms with Crippen LogP contribution in [0.5, 0.6) is 5.75 Å². The first kappa shape index (κ1) is 18.9. The highest BCUT2D eigenvalue weighted by molar-refractivity contribution is 9.10. The lowest BCUT2D eigenvalue weighted by Gasteiger charge is -2.39. The summed E-state index contributed by atoms with van der Waals surface area (Å²) < 4.78 is 6.55. The van der Waals surface area contributed by atoms with Crippen LogP contribution >= 0.6 is 15.9 Å². The maximum Gasteiger partial charge on any atom is 0.320 e. The van der Waals surface area contributed by atoms with Crippen molar-refractivity contribution in [3.63, 3.8) is 0 Å². The van der Waals surface area contributed by atoms with Gasteiger partial charge in [0, 0.05) is 4.47 Å². The molecule has 1 aliphatic heterocycles. The molecule has 1 saturated heterocycles. The van der Waals surface area contributed by atoms with Crippen LogP contribution in [0.15, 0.2) is 53.0 Å². The van der Waals surface area contributed by atoms with E-state index < -0.39 is 12.0 Å². The lowest BCUT2D eigenvalue weighted by atomic mass is 9.91. The molecule has 1 heterocycles. The molecule has 1 aliphatic rings. The van der Waals surface area contributed by atoms with Gasteiger partial charge < -0.3 is 9.84 Å². The van der Waals surface area contributed by atoms with E-state index in [4.69, 9.17) is 4.74 Å². The summed E-state index contributed by atoms with van der Waals surface area (Å²) in [5, 5.41) is 9.75. The summed E-state index contributed by atoms with van der Waals surface area (Å²) in [5.41, 5.74) is 2.18. The number of hydrogen-bond donors (Lipinski definition) is 1. The molecule has 3 rings (SSSR count). The Bertz CT molecular complexity index is 747. The second-order valence-electron chi connectivity index (χ2n) is 6.55. The molecule has 0 radical (unpaired) electrons. The van der Waals surface area contributed by atoms with Gasteiger partial charge in [0.1, 0.15) is 11.8 Å². The fourth-order valence-corrected chi connectivity index (χ4v) is 4.11. The molecule has 0 bridgehead atoms. The average molecular weight is 418 g/mol. The van der Waals surface area contributed by atoms with Gasteiger partial charge in [-0.3, -0.25) is 9.69 Å². The molecule has 5 heteroatoms. The number of carbonyl (C=O) groups is 1. The van der Waals surface area contributed by atoms with Crippen LogP contribution in [-0.4, -0.2) is 35.2 Å². The molecule has 2 unspecified atom stereocenters. The molecule has 0 spiro atoms.